The standard InChI is InChI=1S/C15H12ClN5O/c16-15-20-13(12-14(21-15)19-9-18-12)17-8-11-4-1-3-10(7-11)5-2-6-22/h1,3-4,7,9,22H,6,8H2,(H2,17,18,19,20,21)/p+1. The fourth-order valence-electron chi connectivity index (χ4n) is 2.07. The molecule has 0 aliphatic carbocycles. The van der Waals surface area contributed by atoms with Gasteiger partial charge in [-0.2, -0.15) is 4.98 Å². The van der Waals surface area contributed by atoms with Crippen LogP contribution in [0.1, 0.15) is 11.1 Å². The van der Waals surface area contributed by atoms with Crippen LogP contribution in [0.4, 0.5) is 5.82 Å². The van der Waals surface area contributed by atoms with E-state index in [-0.39, 0.29) is 11.9 Å². The van der Waals surface area contributed by atoms with Crippen LogP contribution in [-0.2, 0) is 6.54 Å². The number of hydrogen-bond donors (Lipinski definition) is 3. The molecule has 0 atom stereocenters. The van der Waals surface area contributed by atoms with Gasteiger partial charge in [-0.25, -0.2) is 4.98 Å². The van der Waals surface area contributed by atoms with E-state index in [1.165, 1.54) is 0 Å². The van der Waals surface area contributed by atoms with Crippen molar-refractivity contribution in [3.63, 3.8) is 0 Å². The van der Waals surface area contributed by atoms with Crippen molar-refractivity contribution in [2.24, 2.45) is 0 Å². The van der Waals surface area contributed by atoms with E-state index in [2.05, 4.69) is 37.1 Å². The third kappa shape index (κ3) is 3.17. The largest absolute Gasteiger partial charge is 0.384 e. The van der Waals surface area contributed by atoms with E-state index in [9.17, 15) is 0 Å². The number of aliphatic hydroxyl groups is 1. The molecule has 110 valence electrons. The average Bonchev–Trinajstić information content (AvgIpc) is 2.99. The maximum atomic E-state index is 8.74. The summed E-state index contributed by atoms with van der Waals surface area (Å²) in [5.74, 6) is 6.14. The summed E-state index contributed by atoms with van der Waals surface area (Å²) in [6.45, 7) is 0.416. The van der Waals surface area contributed by atoms with E-state index < -0.39 is 0 Å². The summed E-state index contributed by atoms with van der Waals surface area (Å²) in [6, 6.07) is 7.75. The Kier molecular flexibility index (Phi) is 4.19. The summed E-state index contributed by atoms with van der Waals surface area (Å²) >= 11 is 5.91. The highest BCUT2D eigenvalue weighted by molar-refractivity contribution is 6.28. The van der Waals surface area contributed by atoms with E-state index in [4.69, 9.17) is 16.7 Å². The van der Waals surface area contributed by atoms with Gasteiger partial charge in [0.2, 0.25) is 5.52 Å². The van der Waals surface area contributed by atoms with Gasteiger partial charge in [-0.1, -0.05) is 29.0 Å². The topological polar surface area (TPSA) is 88.0 Å². The lowest BCUT2D eigenvalue weighted by Gasteiger charge is -2.05. The molecular formula is C15H13ClN5O+. The van der Waals surface area contributed by atoms with Gasteiger partial charge < -0.3 is 10.4 Å². The van der Waals surface area contributed by atoms with Gasteiger partial charge >= 0.3 is 10.9 Å². The second kappa shape index (κ2) is 6.43. The minimum atomic E-state index is -0.150. The number of nitrogens with one attached hydrogen (secondary N) is 3. The van der Waals surface area contributed by atoms with E-state index in [1.54, 1.807) is 6.33 Å². The molecule has 1 aromatic carbocycles. The second-order valence-electron chi connectivity index (χ2n) is 4.51. The summed E-state index contributed by atoms with van der Waals surface area (Å²) in [5.41, 5.74) is 3.31. The minimum Gasteiger partial charge on any atom is -0.384 e. The molecule has 0 saturated carbocycles. The van der Waals surface area contributed by atoms with Gasteiger partial charge in [-0.15, -0.1) is 0 Å². The molecule has 0 fully saturated rings. The number of halogens is 1. The number of aromatic nitrogens is 4. The molecule has 3 aromatic rings. The van der Waals surface area contributed by atoms with Gasteiger partial charge in [-0.3, -0.25) is 4.98 Å². The molecule has 0 bridgehead atoms. The first kappa shape index (κ1) is 14.3. The summed E-state index contributed by atoms with van der Waals surface area (Å²) in [5, 5.41) is 12.1. The second-order valence-corrected chi connectivity index (χ2v) is 4.85. The summed E-state index contributed by atoms with van der Waals surface area (Å²) in [7, 11) is 0. The number of H-pyrrole nitrogens is 2. The zero-order valence-electron chi connectivity index (χ0n) is 11.5. The van der Waals surface area contributed by atoms with Gasteiger partial charge in [0.05, 0.1) is 0 Å². The number of anilines is 1. The number of rotatable bonds is 3. The Hall–Kier alpha value is -2.62. The minimum absolute atomic E-state index is 0.150. The highest BCUT2D eigenvalue weighted by atomic mass is 35.5. The van der Waals surface area contributed by atoms with Crippen molar-refractivity contribution in [3.05, 3.63) is 47.0 Å². The molecule has 0 radical (unpaired) electrons. The third-order valence-electron chi connectivity index (χ3n) is 3.01. The fourth-order valence-corrected chi connectivity index (χ4v) is 2.23. The van der Waals surface area contributed by atoms with Crippen molar-refractivity contribution >= 4 is 28.6 Å². The molecule has 0 unspecified atom stereocenters. The van der Waals surface area contributed by atoms with Crippen LogP contribution in [0, 0.1) is 11.8 Å². The van der Waals surface area contributed by atoms with Crippen LogP contribution >= 0.6 is 11.6 Å². The number of aromatic amines is 2. The van der Waals surface area contributed by atoms with Gasteiger partial charge in [0.1, 0.15) is 6.61 Å². The lowest BCUT2D eigenvalue weighted by atomic mass is 10.1. The van der Waals surface area contributed by atoms with Crippen LogP contribution in [0.5, 0.6) is 0 Å². The van der Waals surface area contributed by atoms with Gasteiger partial charge in [0.15, 0.2) is 12.1 Å². The first-order valence-corrected chi connectivity index (χ1v) is 6.99. The van der Waals surface area contributed by atoms with Gasteiger partial charge in [-0.05, 0) is 29.3 Å². The number of fused-ring (bicyclic) bond motifs is 1. The molecule has 0 aliphatic rings. The molecule has 7 heteroatoms. The van der Waals surface area contributed by atoms with Crippen molar-refractivity contribution in [3.8, 4) is 11.8 Å². The Labute approximate surface area is 131 Å². The van der Waals surface area contributed by atoms with Crippen molar-refractivity contribution in [2.75, 3.05) is 11.9 Å². The Morgan fingerprint density at radius 3 is 3.14 bits per heavy atom. The molecule has 2 aromatic heterocycles. The zero-order chi connectivity index (χ0) is 15.4. The predicted octanol–water partition coefficient (Wildman–Crippen LogP) is 1.38. The van der Waals surface area contributed by atoms with E-state index >= 15 is 0 Å². The van der Waals surface area contributed by atoms with E-state index in [0.29, 0.717) is 18.0 Å². The SMILES string of the molecule is OCC#Cc1cccc(CNc2nc(Cl)nc3[nH+]c[nH]c23)c1. The first-order chi connectivity index (χ1) is 10.8. The monoisotopic (exact) mass is 314 g/mol. The number of nitrogens with zero attached hydrogens (tertiary/aromatic N) is 2. The maximum Gasteiger partial charge on any atom is 0.306 e. The van der Waals surface area contributed by atoms with E-state index in [1.807, 2.05) is 24.3 Å². The normalized spacial score (nSPS) is 10.3. The zero-order valence-corrected chi connectivity index (χ0v) is 12.3. The van der Waals surface area contributed by atoms with E-state index in [0.717, 1.165) is 16.6 Å². The van der Waals surface area contributed by atoms with Crippen molar-refractivity contribution in [1.29, 1.82) is 0 Å². The first-order valence-electron chi connectivity index (χ1n) is 6.61. The van der Waals surface area contributed by atoms with Gasteiger partial charge in [0, 0.05) is 12.1 Å². The fraction of sp³-hybridized carbons (Fsp3) is 0.133. The quantitative estimate of drug-likeness (QED) is 0.503. The molecule has 2 heterocycles. The summed E-state index contributed by atoms with van der Waals surface area (Å²) in [6.07, 6.45) is 1.67. The Morgan fingerprint density at radius 2 is 2.27 bits per heavy atom. The number of hydrogen-bond acceptors (Lipinski definition) is 4. The lowest BCUT2D eigenvalue weighted by Crippen LogP contribution is -2.05. The van der Waals surface area contributed by atoms with Crippen LogP contribution in [0.15, 0.2) is 30.6 Å². The molecule has 3 rings (SSSR count). The number of aliphatic hydroxyl groups excluding tert-OH is 1. The maximum absolute atomic E-state index is 8.74. The summed E-state index contributed by atoms with van der Waals surface area (Å²) < 4.78 is 0. The third-order valence-corrected chi connectivity index (χ3v) is 3.17. The van der Waals surface area contributed by atoms with Crippen LogP contribution < -0.4 is 10.3 Å². The van der Waals surface area contributed by atoms with Crippen LogP contribution in [0.25, 0.3) is 11.2 Å². The molecule has 0 aliphatic heterocycles. The van der Waals surface area contributed by atoms with Crippen LogP contribution in [0.2, 0.25) is 5.28 Å². The lowest BCUT2D eigenvalue weighted by molar-refractivity contribution is -0.347. The van der Waals surface area contributed by atoms with Crippen molar-refractivity contribution < 1.29 is 10.1 Å². The Bertz CT molecular complexity index is 865. The molecule has 0 saturated heterocycles. The van der Waals surface area contributed by atoms with Crippen LogP contribution in [-0.4, -0.2) is 26.7 Å². The summed E-state index contributed by atoms with van der Waals surface area (Å²) in [4.78, 5) is 14.3. The van der Waals surface area contributed by atoms with Gasteiger partial charge in [0.25, 0.3) is 0 Å². The smallest absolute Gasteiger partial charge is 0.306 e. The highest BCUT2D eigenvalue weighted by Gasteiger charge is 2.14. The average molecular weight is 315 g/mol. The molecule has 22 heavy (non-hydrogen) atoms. The Morgan fingerprint density at radius 1 is 1.36 bits per heavy atom. The van der Waals surface area contributed by atoms with Crippen molar-refractivity contribution in [1.82, 2.24) is 15.0 Å². The van der Waals surface area contributed by atoms with Crippen LogP contribution in [0.3, 0.4) is 0 Å². The molecule has 0 amide bonds. The number of benzene rings is 1. The predicted molar refractivity (Wildman–Crippen MR) is 83.2 cm³/mol. The van der Waals surface area contributed by atoms with Crippen molar-refractivity contribution in [2.45, 2.75) is 6.54 Å². The molecule has 4 N–H and O–H groups in total. The Balaban J connectivity index is 1.81. The molecular weight excluding hydrogens is 302 g/mol. The number of imidazole rings is 1. The molecule has 0 spiro atoms. The molecule has 6 nitrogen and oxygen atoms in total. The highest BCUT2D eigenvalue weighted by Crippen LogP contribution is 2.18.